The van der Waals surface area contributed by atoms with E-state index in [2.05, 4.69) is 4.90 Å². The SMILES string of the molecule is Cc1ccc(O)c(C(=O)N2CCN(C)CC2)c1. The summed E-state index contributed by atoms with van der Waals surface area (Å²) in [4.78, 5) is 16.2. The van der Waals surface area contributed by atoms with Crippen LogP contribution in [0.2, 0.25) is 0 Å². The number of carbonyl (C=O) groups excluding carboxylic acids is 1. The van der Waals surface area contributed by atoms with Crippen LogP contribution in [0.15, 0.2) is 18.2 Å². The van der Waals surface area contributed by atoms with Crippen molar-refractivity contribution in [3.8, 4) is 5.75 Å². The number of rotatable bonds is 1. The van der Waals surface area contributed by atoms with E-state index in [1.807, 2.05) is 14.0 Å². The van der Waals surface area contributed by atoms with Crippen LogP contribution >= 0.6 is 0 Å². The highest BCUT2D eigenvalue weighted by molar-refractivity contribution is 5.97. The van der Waals surface area contributed by atoms with Gasteiger partial charge >= 0.3 is 0 Å². The first-order valence-corrected chi connectivity index (χ1v) is 5.85. The molecule has 1 N–H and O–H groups in total. The number of carbonyl (C=O) groups is 1. The standard InChI is InChI=1S/C13H18N2O2/c1-10-3-4-12(16)11(9-10)13(17)15-7-5-14(2)6-8-15/h3-4,9,16H,5-8H2,1-2H3. The van der Waals surface area contributed by atoms with Gasteiger partial charge in [0.2, 0.25) is 0 Å². The monoisotopic (exact) mass is 234 g/mol. The molecule has 0 saturated carbocycles. The summed E-state index contributed by atoms with van der Waals surface area (Å²) in [6, 6.07) is 5.13. The number of phenolic OH excluding ortho intramolecular Hbond substituents is 1. The highest BCUT2D eigenvalue weighted by Gasteiger charge is 2.22. The highest BCUT2D eigenvalue weighted by Crippen LogP contribution is 2.20. The zero-order valence-electron chi connectivity index (χ0n) is 10.3. The molecule has 17 heavy (non-hydrogen) atoms. The number of hydrogen-bond donors (Lipinski definition) is 1. The van der Waals surface area contributed by atoms with Crippen LogP contribution in [0.25, 0.3) is 0 Å². The Morgan fingerprint density at radius 3 is 2.53 bits per heavy atom. The summed E-state index contributed by atoms with van der Waals surface area (Å²) >= 11 is 0. The summed E-state index contributed by atoms with van der Waals surface area (Å²) in [5.41, 5.74) is 1.40. The molecule has 0 bridgehead atoms. The van der Waals surface area contributed by atoms with Gasteiger partial charge in [0.05, 0.1) is 5.56 Å². The molecule has 1 aromatic rings. The molecule has 1 fully saturated rings. The van der Waals surface area contributed by atoms with Crippen molar-refractivity contribution in [1.82, 2.24) is 9.80 Å². The second kappa shape index (κ2) is 4.75. The molecule has 1 aliphatic heterocycles. The zero-order valence-corrected chi connectivity index (χ0v) is 10.3. The molecule has 1 aromatic carbocycles. The number of likely N-dealkylation sites (N-methyl/N-ethyl adjacent to an activating group) is 1. The Morgan fingerprint density at radius 2 is 1.88 bits per heavy atom. The number of piperazine rings is 1. The molecular weight excluding hydrogens is 216 g/mol. The minimum atomic E-state index is -0.0701. The first kappa shape index (κ1) is 11.9. The van der Waals surface area contributed by atoms with Crippen LogP contribution in [-0.4, -0.2) is 54.0 Å². The Labute approximate surface area is 101 Å². The van der Waals surface area contributed by atoms with Crippen molar-refractivity contribution >= 4 is 5.91 Å². The van der Waals surface area contributed by atoms with Crippen LogP contribution < -0.4 is 0 Å². The first-order chi connectivity index (χ1) is 8.08. The van der Waals surface area contributed by atoms with Gasteiger partial charge in [-0.25, -0.2) is 0 Å². The highest BCUT2D eigenvalue weighted by atomic mass is 16.3. The quantitative estimate of drug-likeness (QED) is 0.791. The van der Waals surface area contributed by atoms with Gasteiger partial charge in [0.15, 0.2) is 0 Å². The summed E-state index contributed by atoms with van der Waals surface area (Å²) in [5.74, 6) is -0.00109. The third-order valence-corrected chi connectivity index (χ3v) is 3.17. The van der Waals surface area contributed by atoms with Gasteiger partial charge in [-0.15, -0.1) is 0 Å². The van der Waals surface area contributed by atoms with Crippen molar-refractivity contribution in [1.29, 1.82) is 0 Å². The Balaban J connectivity index is 2.16. The van der Waals surface area contributed by atoms with Crippen LogP contribution in [0.1, 0.15) is 15.9 Å². The summed E-state index contributed by atoms with van der Waals surface area (Å²) < 4.78 is 0. The van der Waals surface area contributed by atoms with E-state index < -0.39 is 0 Å². The molecule has 92 valence electrons. The molecule has 1 amide bonds. The number of amides is 1. The van der Waals surface area contributed by atoms with Crippen molar-refractivity contribution < 1.29 is 9.90 Å². The lowest BCUT2D eigenvalue weighted by molar-refractivity contribution is 0.0661. The number of benzene rings is 1. The van der Waals surface area contributed by atoms with E-state index in [9.17, 15) is 9.90 Å². The third kappa shape index (κ3) is 2.58. The van der Waals surface area contributed by atoms with Crippen LogP contribution in [-0.2, 0) is 0 Å². The fourth-order valence-corrected chi connectivity index (χ4v) is 2.00. The lowest BCUT2D eigenvalue weighted by Gasteiger charge is -2.32. The lowest BCUT2D eigenvalue weighted by atomic mass is 10.1. The normalized spacial score (nSPS) is 17.2. The summed E-state index contributed by atoms with van der Waals surface area (Å²) in [6.45, 7) is 5.14. The van der Waals surface area contributed by atoms with Crippen LogP contribution in [0.3, 0.4) is 0 Å². The van der Waals surface area contributed by atoms with Crippen LogP contribution in [0.5, 0.6) is 5.75 Å². The lowest BCUT2D eigenvalue weighted by Crippen LogP contribution is -2.47. The Hall–Kier alpha value is -1.55. The molecule has 0 aromatic heterocycles. The van der Waals surface area contributed by atoms with Gasteiger partial charge in [-0.05, 0) is 26.1 Å². The molecule has 1 heterocycles. The van der Waals surface area contributed by atoms with E-state index in [1.165, 1.54) is 0 Å². The Morgan fingerprint density at radius 1 is 1.24 bits per heavy atom. The predicted molar refractivity (Wildman–Crippen MR) is 66.2 cm³/mol. The molecule has 4 heteroatoms. The average molecular weight is 234 g/mol. The molecule has 1 saturated heterocycles. The van der Waals surface area contributed by atoms with Gasteiger partial charge in [0.1, 0.15) is 5.75 Å². The van der Waals surface area contributed by atoms with Gasteiger partial charge < -0.3 is 14.9 Å². The van der Waals surface area contributed by atoms with E-state index in [0.717, 1.165) is 31.7 Å². The van der Waals surface area contributed by atoms with Gasteiger partial charge in [-0.3, -0.25) is 4.79 Å². The van der Waals surface area contributed by atoms with Crippen molar-refractivity contribution in [3.05, 3.63) is 29.3 Å². The maximum atomic E-state index is 12.2. The summed E-state index contributed by atoms with van der Waals surface area (Å²) in [7, 11) is 2.05. The van der Waals surface area contributed by atoms with E-state index >= 15 is 0 Å². The smallest absolute Gasteiger partial charge is 0.257 e. The van der Waals surface area contributed by atoms with Crippen LogP contribution in [0.4, 0.5) is 0 Å². The minimum Gasteiger partial charge on any atom is -0.507 e. The molecule has 0 spiro atoms. The summed E-state index contributed by atoms with van der Waals surface area (Å²) in [6.07, 6.45) is 0. The van der Waals surface area contributed by atoms with Crippen molar-refractivity contribution in [2.45, 2.75) is 6.92 Å². The van der Waals surface area contributed by atoms with E-state index in [0.29, 0.717) is 5.56 Å². The molecule has 2 rings (SSSR count). The molecule has 4 nitrogen and oxygen atoms in total. The number of aryl methyl sites for hydroxylation is 1. The van der Waals surface area contributed by atoms with Gasteiger partial charge in [-0.2, -0.15) is 0 Å². The van der Waals surface area contributed by atoms with E-state index in [-0.39, 0.29) is 11.7 Å². The fourth-order valence-electron chi connectivity index (χ4n) is 2.00. The second-order valence-corrected chi connectivity index (χ2v) is 4.62. The minimum absolute atomic E-state index is 0.0690. The van der Waals surface area contributed by atoms with Gasteiger partial charge in [0.25, 0.3) is 5.91 Å². The maximum Gasteiger partial charge on any atom is 0.257 e. The van der Waals surface area contributed by atoms with Gasteiger partial charge in [0, 0.05) is 26.2 Å². The van der Waals surface area contributed by atoms with Crippen LogP contribution in [0, 0.1) is 6.92 Å². The van der Waals surface area contributed by atoms with E-state index in [1.54, 1.807) is 23.1 Å². The van der Waals surface area contributed by atoms with E-state index in [4.69, 9.17) is 0 Å². The topological polar surface area (TPSA) is 43.8 Å². The van der Waals surface area contributed by atoms with Gasteiger partial charge in [-0.1, -0.05) is 11.6 Å². The third-order valence-electron chi connectivity index (χ3n) is 3.17. The molecule has 0 unspecified atom stereocenters. The number of nitrogens with zero attached hydrogens (tertiary/aromatic N) is 2. The molecule has 0 aliphatic carbocycles. The Kier molecular flexibility index (Phi) is 3.33. The zero-order chi connectivity index (χ0) is 12.4. The van der Waals surface area contributed by atoms with Crippen molar-refractivity contribution in [2.24, 2.45) is 0 Å². The largest absolute Gasteiger partial charge is 0.507 e. The second-order valence-electron chi connectivity index (χ2n) is 4.62. The summed E-state index contributed by atoms with van der Waals surface area (Å²) in [5, 5.41) is 9.73. The predicted octanol–water partition coefficient (Wildman–Crippen LogP) is 1.09. The first-order valence-electron chi connectivity index (χ1n) is 5.85. The molecule has 0 radical (unpaired) electrons. The molecule has 0 atom stereocenters. The van der Waals surface area contributed by atoms with Crippen molar-refractivity contribution in [3.63, 3.8) is 0 Å². The number of hydrogen-bond acceptors (Lipinski definition) is 3. The average Bonchev–Trinajstić information content (AvgIpc) is 2.32. The number of phenols is 1. The van der Waals surface area contributed by atoms with Crippen molar-refractivity contribution in [2.75, 3.05) is 33.2 Å². The Bertz CT molecular complexity index is 423. The molecule has 1 aliphatic rings. The fraction of sp³-hybridized carbons (Fsp3) is 0.462. The molecular formula is C13H18N2O2. The number of aromatic hydroxyl groups is 1. The maximum absolute atomic E-state index is 12.2.